The van der Waals surface area contributed by atoms with Crippen molar-refractivity contribution in [3.05, 3.63) is 36.4 Å². The van der Waals surface area contributed by atoms with Crippen LogP contribution >= 0.6 is 22.7 Å². The fraction of sp³-hybridized carbons (Fsp3) is 0.562. The van der Waals surface area contributed by atoms with Crippen LogP contribution in [0.3, 0.4) is 0 Å². The Morgan fingerprint density at radius 2 is 0.921 bits per heavy atom. The molecule has 0 aliphatic carbocycles. The van der Waals surface area contributed by atoms with E-state index in [1.165, 1.54) is 64.2 Å². The highest BCUT2D eigenvalue weighted by molar-refractivity contribution is 7.18. The maximum Gasteiger partial charge on any atom is 0.173 e. The van der Waals surface area contributed by atoms with E-state index in [1.807, 2.05) is 12.1 Å². The number of rotatable bonds is 20. The molecule has 2 heterocycles. The molecule has 0 radical (unpaired) electrons. The van der Waals surface area contributed by atoms with Crippen molar-refractivity contribution < 1.29 is 18.9 Å². The molecule has 0 aliphatic rings. The van der Waals surface area contributed by atoms with Crippen LogP contribution in [-0.2, 0) is 0 Å². The van der Waals surface area contributed by atoms with Gasteiger partial charge >= 0.3 is 0 Å². The third-order valence-corrected chi connectivity index (χ3v) is 8.85. The van der Waals surface area contributed by atoms with Gasteiger partial charge in [-0.1, -0.05) is 101 Å². The zero-order chi connectivity index (χ0) is 27.0. The monoisotopic (exact) mass is 558 g/mol. The van der Waals surface area contributed by atoms with Gasteiger partial charge in [-0.05, 0) is 49.2 Å². The first-order valence-electron chi connectivity index (χ1n) is 14.4. The molecule has 0 saturated heterocycles. The van der Waals surface area contributed by atoms with E-state index < -0.39 is 0 Å². The van der Waals surface area contributed by atoms with Crippen molar-refractivity contribution in [2.24, 2.45) is 0 Å². The Hall–Kier alpha value is -2.18. The van der Waals surface area contributed by atoms with Gasteiger partial charge in [-0.2, -0.15) is 0 Å². The van der Waals surface area contributed by atoms with E-state index in [9.17, 15) is 0 Å². The second kappa shape index (κ2) is 17.4. The summed E-state index contributed by atoms with van der Waals surface area (Å²) in [6.45, 7) is 5.93. The van der Waals surface area contributed by atoms with Crippen LogP contribution in [0.15, 0.2) is 36.4 Å². The van der Waals surface area contributed by atoms with Crippen molar-refractivity contribution in [3.63, 3.8) is 0 Å². The zero-order valence-electron chi connectivity index (χ0n) is 23.8. The molecule has 210 valence electrons. The topological polar surface area (TPSA) is 36.9 Å². The van der Waals surface area contributed by atoms with Crippen LogP contribution in [0.1, 0.15) is 90.9 Å². The highest BCUT2D eigenvalue weighted by atomic mass is 32.1. The molecule has 2 aromatic heterocycles. The third kappa shape index (κ3) is 9.53. The Kier molecular flexibility index (Phi) is 13.9. The largest absolute Gasteiger partial charge is 0.490 e. The molecule has 0 saturated carbocycles. The van der Waals surface area contributed by atoms with E-state index in [0.717, 1.165) is 55.3 Å². The number of hydrogen-bond donors (Lipinski definition) is 0. The van der Waals surface area contributed by atoms with Crippen molar-refractivity contribution >= 4 is 22.7 Å². The first-order chi connectivity index (χ1) is 18.7. The van der Waals surface area contributed by atoms with Gasteiger partial charge in [0.1, 0.15) is 0 Å². The van der Waals surface area contributed by atoms with Gasteiger partial charge in [0.25, 0.3) is 0 Å². The van der Waals surface area contributed by atoms with Gasteiger partial charge in [0.2, 0.25) is 0 Å². The van der Waals surface area contributed by atoms with Crippen LogP contribution in [-0.4, -0.2) is 27.4 Å². The van der Waals surface area contributed by atoms with Crippen LogP contribution in [0.2, 0.25) is 0 Å². The average molecular weight is 559 g/mol. The molecule has 6 heteroatoms. The van der Waals surface area contributed by atoms with Crippen molar-refractivity contribution in [1.29, 1.82) is 0 Å². The summed E-state index contributed by atoms with van der Waals surface area (Å²) in [5, 5.41) is 1.79. The summed E-state index contributed by atoms with van der Waals surface area (Å²) in [6.07, 6.45) is 14.9. The van der Waals surface area contributed by atoms with Gasteiger partial charge in [0, 0.05) is 20.9 Å². The predicted octanol–water partition coefficient (Wildman–Crippen LogP) is 10.6. The van der Waals surface area contributed by atoms with Crippen LogP contribution in [0, 0.1) is 0 Å². The van der Waals surface area contributed by atoms with Crippen molar-refractivity contribution in [2.45, 2.75) is 90.9 Å². The molecular formula is C32H46O4S2. The smallest absolute Gasteiger partial charge is 0.173 e. The highest BCUT2D eigenvalue weighted by Gasteiger charge is 2.18. The maximum absolute atomic E-state index is 6.39. The molecule has 0 fully saturated rings. The molecule has 0 bridgehead atoms. The number of unbranched alkanes of at least 4 members (excludes halogenated alkanes) is 10. The Bertz CT molecular complexity index is 972. The SMILES string of the molecule is CCCCCCCCOc1cc(-c2ccc(OC)s2)c(-c2ccc(OC)s2)cc1OCCCCCCCC. The van der Waals surface area contributed by atoms with Gasteiger partial charge in [-0.15, -0.1) is 0 Å². The molecule has 0 aliphatic heterocycles. The Morgan fingerprint density at radius 3 is 1.29 bits per heavy atom. The predicted molar refractivity (Wildman–Crippen MR) is 164 cm³/mol. The minimum Gasteiger partial charge on any atom is -0.490 e. The molecular weight excluding hydrogens is 512 g/mol. The molecule has 4 nitrogen and oxygen atoms in total. The molecule has 0 amide bonds. The Labute approximate surface area is 238 Å². The molecule has 1 aromatic carbocycles. The van der Waals surface area contributed by atoms with Crippen LogP contribution in [0.5, 0.6) is 21.6 Å². The van der Waals surface area contributed by atoms with Crippen LogP contribution in [0.4, 0.5) is 0 Å². The van der Waals surface area contributed by atoms with E-state index in [-0.39, 0.29) is 0 Å². The third-order valence-electron chi connectivity index (χ3n) is 6.69. The zero-order valence-corrected chi connectivity index (χ0v) is 25.4. The van der Waals surface area contributed by atoms with Crippen molar-refractivity contribution in [1.82, 2.24) is 0 Å². The normalized spacial score (nSPS) is 11.1. The maximum atomic E-state index is 6.39. The first-order valence-corrected chi connectivity index (χ1v) is 16.1. The number of methoxy groups -OCH3 is 2. The van der Waals surface area contributed by atoms with E-state index in [0.29, 0.717) is 13.2 Å². The second-order valence-corrected chi connectivity index (χ2v) is 11.8. The van der Waals surface area contributed by atoms with Crippen molar-refractivity contribution in [3.8, 4) is 42.5 Å². The lowest BCUT2D eigenvalue weighted by Gasteiger charge is -2.17. The molecule has 0 N–H and O–H groups in total. The van der Waals surface area contributed by atoms with Crippen molar-refractivity contribution in [2.75, 3.05) is 27.4 Å². The number of benzene rings is 1. The van der Waals surface area contributed by atoms with Gasteiger partial charge in [-0.25, -0.2) is 0 Å². The van der Waals surface area contributed by atoms with Gasteiger partial charge < -0.3 is 18.9 Å². The van der Waals surface area contributed by atoms with E-state index in [4.69, 9.17) is 18.9 Å². The standard InChI is InChI=1S/C32H46O4S2/c1-5-7-9-11-13-15-21-35-27-23-25(29-17-19-31(33-3)37-29)26(30-18-20-32(34-4)38-30)24-28(27)36-22-16-14-12-10-8-6-2/h17-20,23-24H,5-16,21-22H2,1-4H3. The quantitative estimate of drug-likeness (QED) is 0.129. The number of ether oxygens (including phenoxy) is 4. The highest BCUT2D eigenvalue weighted by Crippen LogP contribution is 2.46. The lowest BCUT2D eigenvalue weighted by molar-refractivity contribution is 0.258. The van der Waals surface area contributed by atoms with Crippen LogP contribution < -0.4 is 18.9 Å². The fourth-order valence-electron chi connectivity index (χ4n) is 4.47. The molecule has 0 spiro atoms. The minimum atomic E-state index is 0.707. The molecule has 3 rings (SSSR count). The minimum absolute atomic E-state index is 0.707. The first kappa shape index (κ1) is 30.4. The average Bonchev–Trinajstić information content (AvgIpc) is 3.62. The summed E-state index contributed by atoms with van der Waals surface area (Å²) in [4.78, 5) is 2.30. The van der Waals surface area contributed by atoms with Gasteiger partial charge in [-0.3, -0.25) is 0 Å². The van der Waals surface area contributed by atoms with Crippen LogP contribution in [0.25, 0.3) is 20.9 Å². The fourth-order valence-corrected chi connectivity index (χ4v) is 6.17. The molecule has 0 atom stereocenters. The summed E-state index contributed by atoms with van der Waals surface area (Å²) < 4.78 is 23.8. The summed E-state index contributed by atoms with van der Waals surface area (Å²) in [5.41, 5.74) is 2.26. The van der Waals surface area contributed by atoms with Gasteiger partial charge in [0.15, 0.2) is 21.6 Å². The van der Waals surface area contributed by atoms with E-state index >= 15 is 0 Å². The number of thiophene rings is 2. The van der Waals surface area contributed by atoms with Gasteiger partial charge in [0.05, 0.1) is 27.4 Å². The Balaban J connectivity index is 1.83. The summed E-state index contributed by atoms with van der Waals surface area (Å²) in [6, 6.07) is 12.6. The second-order valence-electron chi connectivity index (χ2n) is 9.72. The Morgan fingerprint density at radius 1 is 0.526 bits per heavy atom. The molecule has 38 heavy (non-hydrogen) atoms. The number of hydrogen-bond acceptors (Lipinski definition) is 6. The van der Waals surface area contributed by atoms with E-state index in [2.05, 4.69) is 38.1 Å². The molecule has 3 aromatic rings. The summed E-state index contributed by atoms with van der Waals surface area (Å²) >= 11 is 3.29. The molecule has 0 unspecified atom stereocenters. The lowest BCUT2D eigenvalue weighted by Crippen LogP contribution is -2.03. The summed E-state index contributed by atoms with van der Waals surface area (Å²) in [7, 11) is 3.43. The summed E-state index contributed by atoms with van der Waals surface area (Å²) in [5.74, 6) is 1.67. The lowest BCUT2D eigenvalue weighted by atomic mass is 10.0. The van der Waals surface area contributed by atoms with E-state index in [1.54, 1.807) is 36.9 Å².